The lowest BCUT2D eigenvalue weighted by molar-refractivity contribution is -0.132. The molecule has 0 aliphatic heterocycles. The van der Waals surface area contributed by atoms with E-state index in [0.29, 0.717) is 22.6 Å². The van der Waals surface area contributed by atoms with Gasteiger partial charge in [-0.25, -0.2) is 0 Å². The molecule has 0 amide bonds. The van der Waals surface area contributed by atoms with Gasteiger partial charge >= 0.3 is 5.97 Å². The molecule has 0 atom stereocenters. The van der Waals surface area contributed by atoms with Gasteiger partial charge in [0.2, 0.25) is 0 Å². The number of aliphatic hydroxyl groups is 1. The second kappa shape index (κ2) is 8.04. The highest BCUT2D eigenvalue weighted by Gasteiger charge is 2.14. The summed E-state index contributed by atoms with van der Waals surface area (Å²) in [4.78, 5) is 11.4. The maximum Gasteiger partial charge on any atom is 0.308 e. The molecule has 2 aromatic rings. The third-order valence-electron chi connectivity index (χ3n) is 3.17. The molecule has 0 fully saturated rings. The summed E-state index contributed by atoms with van der Waals surface area (Å²) in [7, 11) is 3.05. The molecule has 124 valence electrons. The summed E-state index contributed by atoms with van der Waals surface area (Å²) >= 11 is 0. The summed E-state index contributed by atoms with van der Waals surface area (Å²) < 4.78 is 15.6. The molecule has 0 bridgehead atoms. The fraction of sp³-hybridized carbons (Fsp3) is 0.211. The van der Waals surface area contributed by atoms with Crippen molar-refractivity contribution in [1.29, 1.82) is 0 Å². The Kier molecular flexibility index (Phi) is 5.83. The Morgan fingerprint density at radius 1 is 1.12 bits per heavy atom. The zero-order chi connectivity index (χ0) is 17.5. The van der Waals surface area contributed by atoms with Gasteiger partial charge in [-0.05, 0) is 35.9 Å². The van der Waals surface area contributed by atoms with E-state index in [1.54, 1.807) is 25.3 Å². The third kappa shape index (κ3) is 4.28. The van der Waals surface area contributed by atoms with Crippen LogP contribution in [0.15, 0.2) is 36.4 Å². The first-order valence-electron chi connectivity index (χ1n) is 7.23. The lowest BCUT2D eigenvalue weighted by atomic mass is 10.1. The molecule has 0 aliphatic carbocycles. The fourth-order valence-electron chi connectivity index (χ4n) is 2.08. The molecule has 0 radical (unpaired) electrons. The van der Waals surface area contributed by atoms with Crippen molar-refractivity contribution < 1.29 is 24.1 Å². The van der Waals surface area contributed by atoms with Crippen LogP contribution in [0.5, 0.6) is 17.2 Å². The Morgan fingerprint density at radius 3 is 2.54 bits per heavy atom. The summed E-state index contributed by atoms with van der Waals surface area (Å²) in [6.07, 6.45) is 0. The van der Waals surface area contributed by atoms with E-state index in [-0.39, 0.29) is 12.4 Å². The lowest BCUT2D eigenvalue weighted by Gasteiger charge is -2.11. The second-order valence-electron chi connectivity index (χ2n) is 4.91. The fourth-order valence-corrected chi connectivity index (χ4v) is 2.08. The van der Waals surface area contributed by atoms with E-state index in [4.69, 9.17) is 14.2 Å². The van der Waals surface area contributed by atoms with Crippen molar-refractivity contribution in [2.75, 3.05) is 14.2 Å². The van der Waals surface area contributed by atoms with E-state index in [2.05, 4.69) is 11.8 Å². The van der Waals surface area contributed by atoms with Gasteiger partial charge in [-0.1, -0.05) is 17.9 Å². The Labute approximate surface area is 140 Å². The van der Waals surface area contributed by atoms with Crippen LogP contribution in [0.1, 0.15) is 23.6 Å². The predicted molar refractivity (Wildman–Crippen MR) is 89.2 cm³/mol. The molecule has 0 aromatic heterocycles. The molecule has 2 aromatic carbocycles. The van der Waals surface area contributed by atoms with Gasteiger partial charge in [0.05, 0.1) is 26.4 Å². The molecule has 5 nitrogen and oxygen atoms in total. The highest BCUT2D eigenvalue weighted by molar-refractivity contribution is 5.72. The van der Waals surface area contributed by atoms with E-state index >= 15 is 0 Å². The molecule has 5 heteroatoms. The van der Waals surface area contributed by atoms with Crippen LogP contribution in [0, 0.1) is 11.8 Å². The molecule has 1 N–H and O–H groups in total. The molecule has 0 spiro atoms. The highest BCUT2D eigenvalue weighted by atomic mass is 16.6. The van der Waals surface area contributed by atoms with Crippen molar-refractivity contribution in [3.63, 3.8) is 0 Å². The first-order chi connectivity index (χ1) is 11.6. The van der Waals surface area contributed by atoms with Crippen LogP contribution >= 0.6 is 0 Å². The van der Waals surface area contributed by atoms with Crippen LogP contribution in [-0.2, 0) is 11.4 Å². The van der Waals surface area contributed by atoms with Gasteiger partial charge < -0.3 is 19.3 Å². The number of esters is 1. The largest absolute Gasteiger partial charge is 0.497 e. The Hall–Kier alpha value is -2.97. The highest BCUT2D eigenvalue weighted by Crippen LogP contribution is 2.33. The maximum absolute atomic E-state index is 11.4. The Morgan fingerprint density at radius 2 is 1.92 bits per heavy atom. The monoisotopic (exact) mass is 326 g/mol. The zero-order valence-electron chi connectivity index (χ0n) is 13.8. The normalized spacial score (nSPS) is 9.67. The molecule has 0 aliphatic rings. The first-order valence-corrected chi connectivity index (χ1v) is 7.23. The van der Waals surface area contributed by atoms with E-state index in [1.165, 1.54) is 14.0 Å². The number of methoxy groups -OCH3 is 2. The minimum atomic E-state index is -0.477. The summed E-state index contributed by atoms with van der Waals surface area (Å²) in [5.74, 6) is 6.75. The van der Waals surface area contributed by atoms with Crippen molar-refractivity contribution in [2.24, 2.45) is 0 Å². The molecule has 0 heterocycles. The summed E-state index contributed by atoms with van der Waals surface area (Å²) in [5, 5.41) is 9.38. The number of carbonyl (C=O) groups excluding carboxylic acids is 1. The molecular weight excluding hydrogens is 308 g/mol. The number of benzene rings is 2. The zero-order valence-corrected chi connectivity index (χ0v) is 13.8. The average Bonchev–Trinajstić information content (AvgIpc) is 2.60. The van der Waals surface area contributed by atoms with Gasteiger partial charge in [0, 0.05) is 12.5 Å². The summed E-state index contributed by atoms with van der Waals surface area (Å²) in [6, 6.07) is 10.6. The maximum atomic E-state index is 11.4. The van der Waals surface area contributed by atoms with E-state index in [0.717, 1.165) is 5.56 Å². The number of carbonyl (C=O) groups is 1. The number of rotatable bonds is 4. The minimum absolute atomic E-state index is 0.176. The molecule has 0 saturated heterocycles. The van der Waals surface area contributed by atoms with Crippen molar-refractivity contribution in [2.45, 2.75) is 13.5 Å². The molecule has 0 unspecified atom stereocenters. The molecule has 24 heavy (non-hydrogen) atoms. The standard InChI is InChI=1S/C19H18O5/c1-13(21)24-19-16(9-15(12-20)11-18(19)23-3)8-7-14-5-4-6-17(10-14)22-2/h4-6,9-11,20H,12H2,1-3H3. The van der Waals surface area contributed by atoms with Crippen LogP contribution in [-0.4, -0.2) is 25.3 Å². The van der Waals surface area contributed by atoms with Gasteiger partial charge in [-0.2, -0.15) is 0 Å². The van der Waals surface area contributed by atoms with Crippen LogP contribution in [0.2, 0.25) is 0 Å². The number of hydrogen-bond acceptors (Lipinski definition) is 5. The molecular formula is C19H18O5. The van der Waals surface area contributed by atoms with Crippen LogP contribution < -0.4 is 14.2 Å². The number of hydrogen-bond donors (Lipinski definition) is 1. The second-order valence-corrected chi connectivity index (χ2v) is 4.91. The van der Waals surface area contributed by atoms with Gasteiger partial charge in [-0.3, -0.25) is 4.79 Å². The summed E-state index contributed by atoms with van der Waals surface area (Å²) in [5.41, 5.74) is 1.81. The predicted octanol–water partition coefficient (Wildman–Crippen LogP) is 2.52. The van der Waals surface area contributed by atoms with Gasteiger partial charge in [-0.15, -0.1) is 0 Å². The number of aliphatic hydroxyl groups excluding tert-OH is 1. The van der Waals surface area contributed by atoms with E-state index in [1.807, 2.05) is 18.2 Å². The van der Waals surface area contributed by atoms with Crippen LogP contribution in [0.3, 0.4) is 0 Å². The average molecular weight is 326 g/mol. The lowest BCUT2D eigenvalue weighted by Crippen LogP contribution is -2.05. The first kappa shape index (κ1) is 17.4. The van der Waals surface area contributed by atoms with Crippen LogP contribution in [0.4, 0.5) is 0 Å². The van der Waals surface area contributed by atoms with Crippen molar-refractivity contribution in [3.8, 4) is 29.1 Å². The smallest absolute Gasteiger partial charge is 0.308 e. The van der Waals surface area contributed by atoms with E-state index in [9.17, 15) is 9.90 Å². The van der Waals surface area contributed by atoms with Gasteiger partial charge in [0.15, 0.2) is 11.5 Å². The third-order valence-corrected chi connectivity index (χ3v) is 3.17. The topological polar surface area (TPSA) is 65.0 Å². The van der Waals surface area contributed by atoms with Gasteiger partial charge in [0.25, 0.3) is 0 Å². The SMILES string of the molecule is COc1cccc(C#Cc2cc(CO)cc(OC)c2OC(C)=O)c1. The van der Waals surface area contributed by atoms with Crippen LogP contribution in [0.25, 0.3) is 0 Å². The van der Waals surface area contributed by atoms with Gasteiger partial charge in [0.1, 0.15) is 5.75 Å². The molecule has 0 saturated carbocycles. The summed E-state index contributed by atoms with van der Waals surface area (Å²) in [6.45, 7) is 1.13. The number of ether oxygens (including phenoxy) is 3. The quantitative estimate of drug-likeness (QED) is 0.531. The minimum Gasteiger partial charge on any atom is -0.497 e. The van der Waals surface area contributed by atoms with Crippen molar-refractivity contribution in [3.05, 3.63) is 53.1 Å². The van der Waals surface area contributed by atoms with Crippen molar-refractivity contribution in [1.82, 2.24) is 0 Å². The Bertz CT molecular complexity index is 799. The van der Waals surface area contributed by atoms with Crippen molar-refractivity contribution >= 4 is 5.97 Å². The Balaban J connectivity index is 2.51. The molecule has 2 rings (SSSR count). The van der Waals surface area contributed by atoms with E-state index < -0.39 is 5.97 Å².